The predicted octanol–water partition coefficient (Wildman–Crippen LogP) is 2.69. The van der Waals surface area contributed by atoms with E-state index in [1.54, 1.807) is 0 Å². The normalized spacial score (nSPS) is 10.6. The third-order valence-corrected chi connectivity index (χ3v) is 2.51. The first-order chi connectivity index (χ1) is 8.09. The number of nitrogens with one attached hydrogen (secondary N) is 1. The molecule has 17 heavy (non-hydrogen) atoms. The van der Waals surface area contributed by atoms with Crippen molar-refractivity contribution in [1.29, 1.82) is 0 Å². The minimum atomic E-state index is -0.218. The summed E-state index contributed by atoms with van der Waals surface area (Å²) >= 11 is 5.65. The maximum absolute atomic E-state index is 11.6. The summed E-state index contributed by atoms with van der Waals surface area (Å²) in [5, 5.41) is 3.03. The number of aromatic nitrogens is 2. The SMILES string of the molecule is CC(C)CCCCNC(=O)c1cncc(Cl)n1. The molecular formula is C12H18ClN3O. The van der Waals surface area contributed by atoms with Gasteiger partial charge in [0.15, 0.2) is 0 Å². The van der Waals surface area contributed by atoms with Gasteiger partial charge in [-0.05, 0) is 12.3 Å². The highest BCUT2D eigenvalue weighted by Crippen LogP contribution is 2.05. The Kier molecular flexibility index (Phi) is 5.91. The highest BCUT2D eigenvalue weighted by Gasteiger charge is 2.07. The zero-order chi connectivity index (χ0) is 12.7. The van der Waals surface area contributed by atoms with Gasteiger partial charge in [0.2, 0.25) is 0 Å². The van der Waals surface area contributed by atoms with E-state index in [9.17, 15) is 4.79 Å². The Morgan fingerprint density at radius 1 is 1.41 bits per heavy atom. The fraction of sp³-hybridized carbons (Fsp3) is 0.583. The smallest absolute Gasteiger partial charge is 0.271 e. The second-order valence-electron chi connectivity index (χ2n) is 4.37. The molecule has 0 radical (unpaired) electrons. The van der Waals surface area contributed by atoms with Crippen LogP contribution in [0.15, 0.2) is 12.4 Å². The quantitative estimate of drug-likeness (QED) is 0.795. The van der Waals surface area contributed by atoms with E-state index in [-0.39, 0.29) is 16.8 Å². The molecule has 0 aliphatic rings. The minimum absolute atomic E-state index is 0.218. The van der Waals surface area contributed by atoms with Gasteiger partial charge in [-0.25, -0.2) is 4.98 Å². The topological polar surface area (TPSA) is 54.9 Å². The van der Waals surface area contributed by atoms with Gasteiger partial charge < -0.3 is 5.32 Å². The molecule has 5 heteroatoms. The highest BCUT2D eigenvalue weighted by atomic mass is 35.5. The Balaban J connectivity index is 2.26. The summed E-state index contributed by atoms with van der Waals surface area (Å²) in [6.45, 7) is 5.06. The van der Waals surface area contributed by atoms with Gasteiger partial charge in [0.1, 0.15) is 10.8 Å². The zero-order valence-corrected chi connectivity index (χ0v) is 11.0. The summed E-state index contributed by atoms with van der Waals surface area (Å²) in [6, 6.07) is 0. The van der Waals surface area contributed by atoms with Crippen molar-refractivity contribution in [3.05, 3.63) is 23.2 Å². The van der Waals surface area contributed by atoms with Crippen molar-refractivity contribution < 1.29 is 4.79 Å². The van der Waals surface area contributed by atoms with Gasteiger partial charge in [0, 0.05) is 6.54 Å². The van der Waals surface area contributed by atoms with Crippen LogP contribution in [-0.2, 0) is 0 Å². The molecule has 0 bridgehead atoms. The van der Waals surface area contributed by atoms with Crippen LogP contribution in [0.3, 0.4) is 0 Å². The number of carbonyl (C=O) groups is 1. The number of unbranched alkanes of at least 4 members (excludes halogenated alkanes) is 1. The number of hydrogen-bond donors (Lipinski definition) is 1. The van der Waals surface area contributed by atoms with Gasteiger partial charge in [-0.15, -0.1) is 0 Å². The van der Waals surface area contributed by atoms with Crippen LogP contribution in [0.5, 0.6) is 0 Å². The monoisotopic (exact) mass is 255 g/mol. The summed E-state index contributed by atoms with van der Waals surface area (Å²) in [5.74, 6) is 0.494. The number of rotatable bonds is 6. The molecule has 1 heterocycles. The Hall–Kier alpha value is -1.16. The number of halogens is 1. The molecule has 0 saturated heterocycles. The fourth-order valence-corrected chi connectivity index (χ4v) is 1.57. The lowest BCUT2D eigenvalue weighted by molar-refractivity contribution is 0.0947. The van der Waals surface area contributed by atoms with Crippen LogP contribution in [0.25, 0.3) is 0 Å². The van der Waals surface area contributed by atoms with Crippen molar-refractivity contribution in [3.63, 3.8) is 0 Å². The van der Waals surface area contributed by atoms with Crippen molar-refractivity contribution in [1.82, 2.24) is 15.3 Å². The van der Waals surface area contributed by atoms with Crippen LogP contribution in [0.1, 0.15) is 43.6 Å². The van der Waals surface area contributed by atoms with Crippen molar-refractivity contribution in [2.45, 2.75) is 33.1 Å². The molecule has 0 aromatic carbocycles. The minimum Gasteiger partial charge on any atom is -0.351 e. The summed E-state index contributed by atoms with van der Waals surface area (Å²) < 4.78 is 0. The van der Waals surface area contributed by atoms with E-state index in [2.05, 4.69) is 29.1 Å². The Labute approximate surface area is 107 Å². The van der Waals surface area contributed by atoms with E-state index in [0.29, 0.717) is 12.5 Å². The van der Waals surface area contributed by atoms with Crippen LogP contribution in [0.4, 0.5) is 0 Å². The summed E-state index contributed by atoms with van der Waals surface area (Å²) in [6.07, 6.45) is 6.11. The van der Waals surface area contributed by atoms with E-state index in [0.717, 1.165) is 12.8 Å². The Morgan fingerprint density at radius 3 is 2.82 bits per heavy atom. The second kappa shape index (κ2) is 7.22. The van der Waals surface area contributed by atoms with Gasteiger partial charge in [0.25, 0.3) is 5.91 Å². The molecule has 1 aromatic rings. The lowest BCUT2D eigenvalue weighted by atomic mass is 10.1. The molecular weight excluding hydrogens is 238 g/mol. The molecule has 1 aromatic heterocycles. The van der Waals surface area contributed by atoms with E-state index in [4.69, 9.17) is 11.6 Å². The third-order valence-electron chi connectivity index (χ3n) is 2.33. The van der Waals surface area contributed by atoms with Gasteiger partial charge in [-0.3, -0.25) is 9.78 Å². The van der Waals surface area contributed by atoms with Gasteiger partial charge in [-0.1, -0.05) is 38.3 Å². The maximum atomic E-state index is 11.6. The molecule has 0 fully saturated rings. The molecule has 0 aliphatic heterocycles. The third kappa shape index (κ3) is 5.63. The molecule has 1 N–H and O–H groups in total. The first kappa shape index (κ1) is 13.9. The van der Waals surface area contributed by atoms with Crippen LogP contribution in [0.2, 0.25) is 5.15 Å². The van der Waals surface area contributed by atoms with Crippen molar-refractivity contribution in [2.24, 2.45) is 5.92 Å². The Bertz CT molecular complexity index is 369. The largest absolute Gasteiger partial charge is 0.351 e. The van der Waals surface area contributed by atoms with E-state index in [1.807, 2.05) is 0 Å². The fourth-order valence-electron chi connectivity index (χ4n) is 1.42. The molecule has 0 spiro atoms. The highest BCUT2D eigenvalue weighted by molar-refractivity contribution is 6.29. The zero-order valence-electron chi connectivity index (χ0n) is 10.2. The number of nitrogens with zero attached hydrogens (tertiary/aromatic N) is 2. The van der Waals surface area contributed by atoms with Gasteiger partial charge in [-0.2, -0.15) is 0 Å². The molecule has 0 unspecified atom stereocenters. The molecule has 1 amide bonds. The summed E-state index contributed by atoms with van der Waals surface area (Å²) in [7, 11) is 0. The van der Waals surface area contributed by atoms with Crippen molar-refractivity contribution in [2.75, 3.05) is 6.54 Å². The summed E-state index contributed by atoms with van der Waals surface area (Å²) in [4.78, 5) is 19.3. The van der Waals surface area contributed by atoms with Gasteiger partial charge in [0.05, 0.1) is 12.4 Å². The van der Waals surface area contributed by atoms with Crippen LogP contribution in [0, 0.1) is 5.92 Å². The molecule has 0 saturated carbocycles. The second-order valence-corrected chi connectivity index (χ2v) is 4.76. The molecule has 0 aliphatic carbocycles. The predicted molar refractivity (Wildman–Crippen MR) is 68.1 cm³/mol. The molecule has 4 nitrogen and oxygen atoms in total. The first-order valence-corrected chi connectivity index (χ1v) is 6.23. The molecule has 94 valence electrons. The van der Waals surface area contributed by atoms with Crippen LogP contribution >= 0.6 is 11.6 Å². The molecule has 0 atom stereocenters. The van der Waals surface area contributed by atoms with Gasteiger partial charge >= 0.3 is 0 Å². The van der Waals surface area contributed by atoms with E-state index in [1.165, 1.54) is 18.8 Å². The molecule has 1 rings (SSSR count). The maximum Gasteiger partial charge on any atom is 0.271 e. The lowest BCUT2D eigenvalue weighted by Crippen LogP contribution is -2.25. The van der Waals surface area contributed by atoms with Crippen LogP contribution < -0.4 is 5.32 Å². The number of carbonyl (C=O) groups excluding carboxylic acids is 1. The first-order valence-electron chi connectivity index (χ1n) is 5.85. The van der Waals surface area contributed by atoms with Crippen LogP contribution in [-0.4, -0.2) is 22.4 Å². The Morgan fingerprint density at radius 2 is 2.18 bits per heavy atom. The van der Waals surface area contributed by atoms with E-state index < -0.39 is 0 Å². The number of amides is 1. The average Bonchev–Trinajstić information content (AvgIpc) is 2.28. The standard InChI is InChI=1S/C12H18ClN3O/c1-9(2)5-3-4-6-15-12(17)10-7-14-8-11(13)16-10/h7-9H,3-6H2,1-2H3,(H,15,17). The van der Waals surface area contributed by atoms with Crippen molar-refractivity contribution in [3.8, 4) is 0 Å². The van der Waals surface area contributed by atoms with E-state index >= 15 is 0 Å². The lowest BCUT2D eigenvalue weighted by Gasteiger charge is -2.06. The number of hydrogen-bond acceptors (Lipinski definition) is 3. The average molecular weight is 256 g/mol. The van der Waals surface area contributed by atoms with Crippen molar-refractivity contribution >= 4 is 17.5 Å². The summed E-state index contributed by atoms with van der Waals surface area (Å²) in [5.41, 5.74) is 0.265.